The molecule has 39 heavy (non-hydrogen) atoms. The van der Waals surface area contributed by atoms with Crippen molar-refractivity contribution in [2.75, 3.05) is 18.4 Å². The van der Waals surface area contributed by atoms with Crippen LogP contribution in [0.5, 0.6) is 0 Å². The minimum Gasteiger partial charge on any atom is -0.339 e. The Bertz CT molecular complexity index is 1460. The van der Waals surface area contributed by atoms with Gasteiger partial charge in [0.2, 0.25) is 0 Å². The third kappa shape index (κ3) is 5.82. The van der Waals surface area contributed by atoms with Crippen LogP contribution in [-0.2, 0) is 6.18 Å². The fraction of sp³-hybridized carbons (Fsp3) is 0.250. The molecule has 2 aromatic heterocycles. The van der Waals surface area contributed by atoms with Gasteiger partial charge in [-0.3, -0.25) is 14.6 Å². The number of pyridine rings is 1. The van der Waals surface area contributed by atoms with Crippen molar-refractivity contribution >= 4 is 17.5 Å². The number of halogens is 3. The molecule has 0 aliphatic carbocycles. The van der Waals surface area contributed by atoms with Crippen LogP contribution < -0.4 is 5.32 Å². The second-order valence-electron chi connectivity index (χ2n) is 9.44. The zero-order valence-electron chi connectivity index (χ0n) is 21.0. The summed E-state index contributed by atoms with van der Waals surface area (Å²) >= 11 is 0. The van der Waals surface area contributed by atoms with E-state index in [0.717, 1.165) is 36.2 Å². The van der Waals surface area contributed by atoms with E-state index >= 15 is 0 Å². The molecule has 5 rings (SSSR count). The van der Waals surface area contributed by atoms with Gasteiger partial charge >= 0.3 is 6.18 Å². The summed E-state index contributed by atoms with van der Waals surface area (Å²) in [6.45, 7) is 2.89. The molecule has 4 aromatic rings. The maximum absolute atomic E-state index is 13.1. The summed E-state index contributed by atoms with van der Waals surface area (Å²) in [6, 6.07) is 15.2. The quantitative estimate of drug-likeness (QED) is 0.377. The van der Waals surface area contributed by atoms with Gasteiger partial charge in [-0.2, -0.15) is 13.2 Å². The Kier molecular flexibility index (Phi) is 7.14. The number of alkyl halides is 3. The van der Waals surface area contributed by atoms with Crippen molar-refractivity contribution in [1.29, 1.82) is 0 Å². The second kappa shape index (κ2) is 10.7. The van der Waals surface area contributed by atoms with Crippen molar-refractivity contribution < 1.29 is 22.8 Å². The lowest BCUT2D eigenvalue weighted by atomic mass is 9.89. The number of nitrogens with one attached hydrogen (secondary N) is 1. The fourth-order valence-electron chi connectivity index (χ4n) is 4.69. The van der Waals surface area contributed by atoms with Gasteiger partial charge in [0.05, 0.1) is 29.2 Å². The Hall–Kier alpha value is -4.54. The summed E-state index contributed by atoms with van der Waals surface area (Å²) in [4.78, 5) is 30.9. The van der Waals surface area contributed by atoms with Crippen molar-refractivity contribution in [3.63, 3.8) is 0 Å². The SMILES string of the molecule is Cc1ccc(-n2ccnn2)c(C(=O)Nc2ccc(C3CCN(C(=O)c4ccc(C(F)(F)F)nc4)CC3)cc2)c1. The number of hydrogen-bond acceptors (Lipinski definition) is 5. The Morgan fingerprint density at radius 3 is 2.36 bits per heavy atom. The highest BCUT2D eigenvalue weighted by molar-refractivity contribution is 6.06. The number of nitrogens with zero attached hydrogens (tertiary/aromatic N) is 5. The van der Waals surface area contributed by atoms with E-state index in [1.807, 2.05) is 43.3 Å². The molecule has 1 N–H and O–H groups in total. The number of amides is 2. The van der Waals surface area contributed by atoms with Crippen LogP contribution in [0, 0.1) is 6.92 Å². The Morgan fingerprint density at radius 2 is 1.74 bits per heavy atom. The molecule has 11 heteroatoms. The Labute approximate surface area is 222 Å². The van der Waals surface area contributed by atoms with Gasteiger partial charge in [-0.25, -0.2) is 4.68 Å². The van der Waals surface area contributed by atoms with E-state index < -0.39 is 11.9 Å². The van der Waals surface area contributed by atoms with Crippen LogP contribution in [0.2, 0.25) is 0 Å². The zero-order valence-corrected chi connectivity index (χ0v) is 21.0. The highest BCUT2D eigenvalue weighted by Crippen LogP contribution is 2.31. The first-order valence-electron chi connectivity index (χ1n) is 12.4. The van der Waals surface area contributed by atoms with Crippen LogP contribution in [0.4, 0.5) is 18.9 Å². The summed E-state index contributed by atoms with van der Waals surface area (Å²) < 4.78 is 39.8. The predicted octanol–water partition coefficient (Wildman–Crippen LogP) is 5.26. The van der Waals surface area contributed by atoms with Gasteiger partial charge in [0.25, 0.3) is 11.8 Å². The van der Waals surface area contributed by atoms with Crippen molar-refractivity contribution in [3.05, 3.63) is 101 Å². The average molecular weight is 535 g/mol. The maximum atomic E-state index is 13.1. The molecule has 0 radical (unpaired) electrons. The minimum absolute atomic E-state index is 0.141. The topological polar surface area (TPSA) is 93.0 Å². The molecule has 0 unspecified atom stereocenters. The smallest absolute Gasteiger partial charge is 0.339 e. The maximum Gasteiger partial charge on any atom is 0.433 e. The first-order valence-corrected chi connectivity index (χ1v) is 12.4. The molecule has 1 saturated heterocycles. The second-order valence-corrected chi connectivity index (χ2v) is 9.44. The number of aromatic nitrogens is 4. The molecule has 2 amide bonds. The number of hydrogen-bond donors (Lipinski definition) is 1. The lowest BCUT2D eigenvalue weighted by molar-refractivity contribution is -0.141. The third-order valence-electron chi connectivity index (χ3n) is 6.79. The largest absolute Gasteiger partial charge is 0.433 e. The highest BCUT2D eigenvalue weighted by atomic mass is 19.4. The van der Waals surface area contributed by atoms with Gasteiger partial charge in [-0.05, 0) is 67.6 Å². The molecule has 200 valence electrons. The summed E-state index contributed by atoms with van der Waals surface area (Å²) in [5, 5.41) is 10.8. The van der Waals surface area contributed by atoms with Gasteiger partial charge in [0.1, 0.15) is 5.69 Å². The standard InChI is InChI=1S/C28H25F3N6O2/c1-18-2-8-24(37-15-12-33-35-37)23(16-18)26(38)34-22-6-3-19(4-7-22)20-10-13-36(14-11-20)27(39)21-5-9-25(32-17-21)28(29,30)31/h2-9,12,15-17,20H,10-11,13-14H2,1H3,(H,34,38). The van der Waals surface area contributed by atoms with Crippen LogP contribution in [0.25, 0.3) is 5.69 Å². The van der Waals surface area contributed by atoms with E-state index in [0.29, 0.717) is 30.0 Å². The van der Waals surface area contributed by atoms with Crippen molar-refractivity contribution in [2.24, 2.45) is 0 Å². The number of likely N-dealkylation sites (tertiary alicyclic amines) is 1. The molecule has 1 fully saturated rings. The summed E-state index contributed by atoms with van der Waals surface area (Å²) in [5.74, 6) is -0.365. The molecular formula is C28H25F3N6O2. The monoisotopic (exact) mass is 534 g/mol. The van der Waals surface area contributed by atoms with E-state index in [2.05, 4.69) is 20.6 Å². The first kappa shape index (κ1) is 26.1. The lowest BCUT2D eigenvalue weighted by Crippen LogP contribution is -2.38. The van der Waals surface area contributed by atoms with Gasteiger partial charge in [0.15, 0.2) is 0 Å². The van der Waals surface area contributed by atoms with E-state index in [1.165, 1.54) is 6.07 Å². The number of anilines is 1. The van der Waals surface area contributed by atoms with Crippen molar-refractivity contribution in [2.45, 2.75) is 31.9 Å². The molecule has 2 aromatic carbocycles. The number of piperidine rings is 1. The minimum atomic E-state index is -4.54. The zero-order chi connectivity index (χ0) is 27.6. The van der Waals surface area contributed by atoms with Crippen LogP contribution in [0.1, 0.15) is 56.3 Å². The number of carbonyl (C=O) groups is 2. The van der Waals surface area contributed by atoms with Gasteiger partial charge in [-0.15, -0.1) is 5.10 Å². The molecule has 1 aliphatic heterocycles. The number of benzene rings is 2. The molecular weight excluding hydrogens is 509 g/mol. The normalized spacial score (nSPS) is 14.3. The molecule has 8 nitrogen and oxygen atoms in total. The first-order chi connectivity index (χ1) is 18.7. The predicted molar refractivity (Wildman–Crippen MR) is 138 cm³/mol. The van der Waals surface area contributed by atoms with E-state index in [9.17, 15) is 22.8 Å². The molecule has 0 atom stereocenters. The average Bonchev–Trinajstić information content (AvgIpc) is 3.48. The van der Waals surface area contributed by atoms with Gasteiger partial charge in [-0.1, -0.05) is 29.0 Å². The van der Waals surface area contributed by atoms with E-state index in [4.69, 9.17) is 0 Å². The third-order valence-corrected chi connectivity index (χ3v) is 6.79. The van der Waals surface area contributed by atoms with Crippen molar-refractivity contribution in [1.82, 2.24) is 24.9 Å². The summed E-state index contributed by atoms with van der Waals surface area (Å²) in [5.41, 5.74) is 2.91. The lowest BCUT2D eigenvalue weighted by Gasteiger charge is -2.32. The van der Waals surface area contributed by atoms with Crippen LogP contribution in [0.15, 0.2) is 73.2 Å². The highest BCUT2D eigenvalue weighted by Gasteiger charge is 2.33. The summed E-state index contributed by atoms with van der Waals surface area (Å²) in [6.07, 6.45) is 1.10. The van der Waals surface area contributed by atoms with Crippen LogP contribution >= 0.6 is 0 Å². The Morgan fingerprint density at radius 1 is 1.00 bits per heavy atom. The molecule has 0 bridgehead atoms. The molecule has 1 aliphatic rings. The summed E-state index contributed by atoms with van der Waals surface area (Å²) in [7, 11) is 0. The van der Waals surface area contributed by atoms with E-state index in [-0.39, 0.29) is 23.3 Å². The molecule has 0 saturated carbocycles. The fourth-order valence-corrected chi connectivity index (χ4v) is 4.69. The van der Waals surface area contributed by atoms with Crippen LogP contribution in [0.3, 0.4) is 0 Å². The molecule has 0 spiro atoms. The number of carbonyl (C=O) groups excluding carboxylic acids is 2. The van der Waals surface area contributed by atoms with Crippen LogP contribution in [-0.4, -0.2) is 49.8 Å². The van der Waals surface area contributed by atoms with Crippen molar-refractivity contribution in [3.8, 4) is 5.69 Å². The number of aryl methyl sites for hydroxylation is 1. The van der Waals surface area contributed by atoms with Gasteiger partial charge < -0.3 is 10.2 Å². The van der Waals surface area contributed by atoms with Gasteiger partial charge in [0, 0.05) is 25.0 Å². The Balaban J connectivity index is 1.19. The number of rotatable bonds is 5. The molecule has 3 heterocycles. The van der Waals surface area contributed by atoms with E-state index in [1.54, 1.807) is 28.0 Å².